The van der Waals surface area contributed by atoms with Crippen LogP contribution in [0.3, 0.4) is 0 Å². The van der Waals surface area contributed by atoms with E-state index < -0.39 is 23.9 Å². The lowest BCUT2D eigenvalue weighted by molar-refractivity contribution is 0.0992. The molecule has 0 saturated heterocycles. The number of carbonyl (C=O) groups is 2. The minimum absolute atomic E-state index is 0.0320. The van der Waals surface area contributed by atoms with Crippen LogP contribution in [-0.2, 0) is 13.2 Å². The quantitative estimate of drug-likeness (QED) is 0.182. The topological polar surface area (TPSA) is 125 Å². The number of alkyl halides is 2. The lowest BCUT2D eigenvalue weighted by Crippen LogP contribution is -2.16. The van der Waals surface area contributed by atoms with Gasteiger partial charge in [0.15, 0.2) is 5.76 Å². The Morgan fingerprint density at radius 1 is 1.09 bits per heavy atom. The summed E-state index contributed by atoms with van der Waals surface area (Å²) in [4.78, 5) is 30.0. The molecule has 0 fully saturated rings. The van der Waals surface area contributed by atoms with Gasteiger partial charge in [-0.1, -0.05) is 30.3 Å². The Kier molecular flexibility index (Phi) is 7.36. The fraction of sp³-hybridized carbons (Fsp3) is 0.161. The number of halogens is 2. The summed E-state index contributed by atoms with van der Waals surface area (Å²) in [5.41, 5.74) is 6.88. The summed E-state index contributed by atoms with van der Waals surface area (Å²) in [6.45, 7) is 4.35. The predicted molar refractivity (Wildman–Crippen MR) is 160 cm³/mol. The van der Waals surface area contributed by atoms with Crippen LogP contribution in [0.1, 0.15) is 50.7 Å². The Morgan fingerprint density at radius 3 is 2.60 bits per heavy atom. The van der Waals surface area contributed by atoms with Crippen molar-refractivity contribution in [1.29, 1.82) is 0 Å². The third-order valence-corrected chi connectivity index (χ3v) is 8.15. The maximum absolute atomic E-state index is 13.8. The number of furan rings is 1. The number of fused-ring (bicyclic) bond motifs is 2. The molecule has 0 saturated carbocycles. The van der Waals surface area contributed by atoms with Gasteiger partial charge < -0.3 is 20.2 Å². The maximum atomic E-state index is 13.8. The number of rotatable bonds is 9. The van der Waals surface area contributed by atoms with E-state index in [0.717, 1.165) is 27.8 Å². The van der Waals surface area contributed by atoms with E-state index in [2.05, 4.69) is 15.4 Å². The largest absolute Gasteiger partial charge is 0.486 e. The number of carbonyl (C=O) groups excluding carboxylic acids is 2. The van der Waals surface area contributed by atoms with Gasteiger partial charge >= 0.3 is 0 Å². The number of ether oxygens (including phenoxy) is 1. The summed E-state index contributed by atoms with van der Waals surface area (Å²) in [6, 6.07) is 18.0. The molecule has 0 atom stereocenters. The van der Waals surface area contributed by atoms with E-state index in [0.29, 0.717) is 34.6 Å². The summed E-state index contributed by atoms with van der Waals surface area (Å²) in [7, 11) is 0. The van der Waals surface area contributed by atoms with Gasteiger partial charge in [0.1, 0.15) is 33.5 Å². The molecule has 0 bridgehead atoms. The number of thiophene rings is 1. The first kappa shape index (κ1) is 28.0. The van der Waals surface area contributed by atoms with Crippen molar-refractivity contribution in [2.45, 2.75) is 33.4 Å². The Balaban J connectivity index is 1.32. The highest BCUT2D eigenvalue weighted by Crippen LogP contribution is 2.43. The van der Waals surface area contributed by atoms with Gasteiger partial charge in [0, 0.05) is 23.2 Å². The van der Waals surface area contributed by atoms with Crippen molar-refractivity contribution < 1.29 is 27.5 Å². The molecule has 218 valence electrons. The number of primary amides is 1. The third-order valence-electron chi connectivity index (χ3n) is 7.05. The van der Waals surface area contributed by atoms with Crippen LogP contribution in [0.25, 0.3) is 32.1 Å². The Bertz CT molecular complexity index is 2010. The summed E-state index contributed by atoms with van der Waals surface area (Å²) in [5.74, 6) is -0.505. The van der Waals surface area contributed by atoms with E-state index in [1.54, 1.807) is 16.9 Å². The molecule has 0 spiro atoms. The molecular formula is C31H25F2N5O4S. The van der Waals surface area contributed by atoms with Gasteiger partial charge in [0.25, 0.3) is 18.2 Å². The second-order valence-electron chi connectivity index (χ2n) is 9.72. The Morgan fingerprint density at radius 2 is 1.88 bits per heavy atom. The SMILES string of the molecule is CCn1ncc(-c2cc(C(F)F)nc3sc(C(N)=O)c(NC(=O)c4ccc(COc5ccc6ccccc6c5)o4)c23)c1C. The second-order valence-corrected chi connectivity index (χ2v) is 10.7. The molecule has 2 amide bonds. The van der Waals surface area contributed by atoms with Crippen LogP contribution in [0.15, 0.2) is 71.3 Å². The summed E-state index contributed by atoms with van der Waals surface area (Å²) in [5, 5.41) is 9.47. The molecule has 4 aromatic heterocycles. The molecule has 6 rings (SSSR count). The molecule has 2 aromatic carbocycles. The average molecular weight is 602 g/mol. The van der Waals surface area contributed by atoms with Gasteiger partial charge in [0.2, 0.25) is 0 Å². The van der Waals surface area contributed by atoms with Gasteiger partial charge in [0.05, 0.1) is 11.9 Å². The average Bonchev–Trinajstić information content (AvgIpc) is 3.72. The number of aryl methyl sites for hydroxylation is 1. The Labute approximate surface area is 247 Å². The lowest BCUT2D eigenvalue weighted by atomic mass is 10.0. The van der Waals surface area contributed by atoms with Crippen LogP contribution in [0.4, 0.5) is 14.5 Å². The van der Waals surface area contributed by atoms with Gasteiger partial charge in [-0.3, -0.25) is 14.3 Å². The van der Waals surface area contributed by atoms with E-state index in [1.165, 1.54) is 12.1 Å². The normalized spacial score (nSPS) is 11.5. The molecule has 43 heavy (non-hydrogen) atoms. The van der Waals surface area contributed by atoms with Crippen molar-refractivity contribution >= 4 is 49.8 Å². The number of nitrogens with two attached hydrogens (primary N) is 1. The van der Waals surface area contributed by atoms with Crippen LogP contribution in [0, 0.1) is 6.92 Å². The fourth-order valence-electron chi connectivity index (χ4n) is 4.93. The minimum atomic E-state index is -2.86. The minimum Gasteiger partial charge on any atom is -0.486 e. The third kappa shape index (κ3) is 5.32. The number of pyridine rings is 1. The van der Waals surface area contributed by atoms with Crippen molar-refractivity contribution in [1.82, 2.24) is 14.8 Å². The van der Waals surface area contributed by atoms with Gasteiger partial charge in [-0.25, -0.2) is 13.8 Å². The first-order valence-corrected chi connectivity index (χ1v) is 14.1. The van der Waals surface area contributed by atoms with E-state index in [-0.39, 0.29) is 27.8 Å². The predicted octanol–water partition coefficient (Wildman–Crippen LogP) is 7.10. The first-order valence-electron chi connectivity index (χ1n) is 13.3. The van der Waals surface area contributed by atoms with Crippen LogP contribution >= 0.6 is 11.3 Å². The standard InChI is InChI=1S/C31H25F2N5O4S/c1-3-38-16(2)22(14-35-38)21-13-23(28(32)33)36-31-25(21)26(27(43-31)29(34)39)37-30(40)24-11-10-20(42-24)15-41-19-9-8-17-6-4-5-7-18(17)12-19/h4-14,28H,3,15H2,1-2H3,(H2,34,39)(H,37,40). The number of hydrogen-bond acceptors (Lipinski definition) is 7. The molecule has 9 nitrogen and oxygen atoms in total. The number of nitrogens with one attached hydrogen (secondary N) is 1. The Hall–Kier alpha value is -5.10. The summed E-state index contributed by atoms with van der Waals surface area (Å²) < 4.78 is 41.0. The van der Waals surface area contributed by atoms with Crippen molar-refractivity contribution in [2.75, 3.05) is 5.32 Å². The number of nitrogens with zero attached hydrogens (tertiary/aromatic N) is 3. The lowest BCUT2D eigenvalue weighted by Gasteiger charge is -2.10. The van der Waals surface area contributed by atoms with Gasteiger partial charge in [-0.05, 0) is 60.5 Å². The van der Waals surface area contributed by atoms with E-state index >= 15 is 0 Å². The monoisotopic (exact) mass is 601 g/mol. The zero-order valence-electron chi connectivity index (χ0n) is 23.1. The van der Waals surface area contributed by atoms with E-state index in [9.17, 15) is 18.4 Å². The zero-order valence-corrected chi connectivity index (χ0v) is 23.9. The fourth-order valence-corrected chi connectivity index (χ4v) is 5.94. The molecule has 0 aliphatic carbocycles. The van der Waals surface area contributed by atoms with E-state index in [4.69, 9.17) is 14.9 Å². The van der Waals surface area contributed by atoms with Crippen LogP contribution < -0.4 is 15.8 Å². The molecule has 6 aromatic rings. The maximum Gasteiger partial charge on any atom is 0.291 e. The molecular weight excluding hydrogens is 576 g/mol. The number of amides is 2. The van der Waals surface area contributed by atoms with Crippen LogP contribution in [0.2, 0.25) is 0 Å². The summed E-state index contributed by atoms with van der Waals surface area (Å²) >= 11 is 0.828. The van der Waals surface area contributed by atoms with Gasteiger partial charge in [-0.2, -0.15) is 5.10 Å². The number of hydrogen-bond donors (Lipinski definition) is 2. The molecule has 3 N–H and O–H groups in total. The molecule has 0 aliphatic heterocycles. The molecule has 12 heteroatoms. The highest BCUT2D eigenvalue weighted by molar-refractivity contribution is 7.21. The van der Waals surface area contributed by atoms with Crippen molar-refractivity contribution in [3.63, 3.8) is 0 Å². The zero-order chi connectivity index (χ0) is 30.2. The molecule has 0 radical (unpaired) electrons. The number of aromatic nitrogens is 3. The van der Waals surface area contributed by atoms with Crippen molar-refractivity contribution in [3.05, 3.63) is 94.6 Å². The van der Waals surface area contributed by atoms with Crippen LogP contribution in [-0.4, -0.2) is 26.6 Å². The number of benzene rings is 2. The highest BCUT2D eigenvalue weighted by atomic mass is 32.1. The smallest absolute Gasteiger partial charge is 0.291 e. The summed E-state index contributed by atoms with van der Waals surface area (Å²) in [6.07, 6.45) is -1.30. The van der Waals surface area contributed by atoms with Crippen LogP contribution in [0.5, 0.6) is 5.75 Å². The second kappa shape index (κ2) is 11.3. The van der Waals surface area contributed by atoms with Gasteiger partial charge in [-0.15, -0.1) is 11.3 Å². The first-order chi connectivity index (χ1) is 20.7. The molecule has 0 aliphatic rings. The van der Waals surface area contributed by atoms with E-state index in [1.807, 2.05) is 56.3 Å². The molecule has 4 heterocycles. The van der Waals surface area contributed by atoms with Crippen molar-refractivity contribution in [3.8, 4) is 16.9 Å². The molecule has 0 unspecified atom stereocenters. The number of anilines is 1. The van der Waals surface area contributed by atoms with Crippen molar-refractivity contribution in [2.24, 2.45) is 5.73 Å². The highest BCUT2D eigenvalue weighted by Gasteiger charge is 2.27.